The Morgan fingerprint density at radius 1 is 1.24 bits per heavy atom. The maximum atomic E-state index is 13.3. The molecule has 0 bridgehead atoms. The van der Waals surface area contributed by atoms with Gasteiger partial charge in [-0.2, -0.15) is 0 Å². The molecule has 2 atom stereocenters. The van der Waals surface area contributed by atoms with Gasteiger partial charge in [0.1, 0.15) is 0 Å². The highest BCUT2D eigenvalue weighted by atomic mass is 19.2. The summed E-state index contributed by atoms with van der Waals surface area (Å²) in [4.78, 5) is 14.0. The van der Waals surface area contributed by atoms with Gasteiger partial charge in [-0.05, 0) is 37.0 Å². The predicted octanol–water partition coefficient (Wildman–Crippen LogP) is 3.11. The molecule has 2 N–H and O–H groups in total. The number of nitrogens with two attached hydrogens (primary N) is 1. The number of rotatable bonds is 6. The molecule has 1 rings (SSSR count). The number of nitrogens with zero attached hydrogens (tertiary/aromatic N) is 1. The second kappa shape index (κ2) is 7.50. The highest BCUT2D eigenvalue weighted by molar-refractivity contribution is 5.79. The van der Waals surface area contributed by atoms with Crippen LogP contribution in [0.15, 0.2) is 18.2 Å². The topological polar surface area (TPSA) is 46.3 Å². The first-order valence-corrected chi connectivity index (χ1v) is 7.19. The van der Waals surface area contributed by atoms with Crippen molar-refractivity contribution in [3.63, 3.8) is 0 Å². The van der Waals surface area contributed by atoms with E-state index in [1.807, 2.05) is 13.8 Å². The van der Waals surface area contributed by atoms with Crippen molar-refractivity contribution in [2.75, 3.05) is 13.6 Å². The molecule has 0 aliphatic carbocycles. The van der Waals surface area contributed by atoms with E-state index >= 15 is 0 Å². The highest BCUT2D eigenvalue weighted by Crippen LogP contribution is 2.23. The van der Waals surface area contributed by atoms with Crippen molar-refractivity contribution in [2.24, 2.45) is 17.6 Å². The Morgan fingerprint density at radius 3 is 2.33 bits per heavy atom. The summed E-state index contributed by atoms with van der Waals surface area (Å²) in [6.07, 6.45) is 0.712. The zero-order valence-corrected chi connectivity index (χ0v) is 13.1. The molecule has 1 aromatic carbocycles. The van der Waals surface area contributed by atoms with Gasteiger partial charge >= 0.3 is 0 Å². The van der Waals surface area contributed by atoms with Crippen LogP contribution in [-0.4, -0.2) is 24.4 Å². The molecule has 0 aliphatic rings. The number of halogens is 2. The number of benzene rings is 1. The van der Waals surface area contributed by atoms with Gasteiger partial charge in [-0.15, -0.1) is 0 Å². The third kappa shape index (κ3) is 4.49. The van der Waals surface area contributed by atoms with Gasteiger partial charge in [-0.1, -0.05) is 19.9 Å². The molecule has 21 heavy (non-hydrogen) atoms. The van der Waals surface area contributed by atoms with Crippen LogP contribution < -0.4 is 5.73 Å². The third-order valence-electron chi connectivity index (χ3n) is 3.74. The van der Waals surface area contributed by atoms with Gasteiger partial charge < -0.3 is 10.6 Å². The fraction of sp³-hybridized carbons (Fsp3) is 0.562. The Balaban J connectivity index is 2.87. The smallest absolute Gasteiger partial charge is 0.227 e. The van der Waals surface area contributed by atoms with Crippen molar-refractivity contribution >= 4 is 5.91 Å². The fourth-order valence-electron chi connectivity index (χ4n) is 2.34. The first-order valence-electron chi connectivity index (χ1n) is 7.19. The van der Waals surface area contributed by atoms with Crippen LogP contribution in [0.2, 0.25) is 0 Å². The quantitative estimate of drug-likeness (QED) is 0.877. The predicted molar refractivity (Wildman–Crippen MR) is 79.5 cm³/mol. The van der Waals surface area contributed by atoms with E-state index < -0.39 is 11.6 Å². The molecule has 1 amide bonds. The maximum Gasteiger partial charge on any atom is 0.227 e. The average Bonchev–Trinajstić information content (AvgIpc) is 2.45. The van der Waals surface area contributed by atoms with Crippen LogP contribution in [0.5, 0.6) is 0 Å². The van der Waals surface area contributed by atoms with Gasteiger partial charge in [0.15, 0.2) is 11.6 Å². The molecular weight excluding hydrogens is 274 g/mol. The Labute approximate surface area is 125 Å². The van der Waals surface area contributed by atoms with Crippen molar-refractivity contribution in [1.29, 1.82) is 0 Å². The molecule has 3 nitrogen and oxygen atoms in total. The van der Waals surface area contributed by atoms with E-state index in [4.69, 9.17) is 5.73 Å². The van der Waals surface area contributed by atoms with E-state index in [1.54, 1.807) is 18.9 Å². The summed E-state index contributed by atoms with van der Waals surface area (Å²) >= 11 is 0. The SMILES string of the molecule is CC(C)CC(CN)C(=O)N(C)C(C)c1ccc(F)c(F)c1. The van der Waals surface area contributed by atoms with Crippen LogP contribution in [0.3, 0.4) is 0 Å². The van der Waals surface area contributed by atoms with E-state index in [2.05, 4.69) is 0 Å². The minimum atomic E-state index is -0.905. The molecule has 1 aromatic rings. The molecule has 0 fully saturated rings. The first kappa shape index (κ1) is 17.6. The van der Waals surface area contributed by atoms with Crippen LogP contribution in [0, 0.1) is 23.5 Å². The number of hydrogen-bond donors (Lipinski definition) is 1. The lowest BCUT2D eigenvalue weighted by Gasteiger charge is -2.29. The molecular formula is C16H24F2N2O. The van der Waals surface area contributed by atoms with Crippen molar-refractivity contribution in [3.8, 4) is 0 Å². The summed E-state index contributed by atoms with van der Waals surface area (Å²) in [5.41, 5.74) is 6.25. The Bertz CT molecular complexity index is 491. The molecule has 0 spiro atoms. The van der Waals surface area contributed by atoms with Crippen LogP contribution in [0.1, 0.15) is 38.8 Å². The standard InChI is InChI=1S/C16H24F2N2O/c1-10(2)7-13(9-19)16(21)20(4)11(3)12-5-6-14(17)15(18)8-12/h5-6,8,10-11,13H,7,9,19H2,1-4H3. The lowest BCUT2D eigenvalue weighted by molar-refractivity contribution is -0.136. The van der Waals surface area contributed by atoms with Gasteiger partial charge in [0.2, 0.25) is 5.91 Å². The Kier molecular flexibility index (Phi) is 6.27. The summed E-state index contributed by atoms with van der Waals surface area (Å²) in [5.74, 6) is -1.74. The largest absolute Gasteiger partial charge is 0.339 e. The van der Waals surface area contributed by atoms with E-state index in [0.717, 1.165) is 12.1 Å². The summed E-state index contributed by atoms with van der Waals surface area (Å²) < 4.78 is 26.3. The van der Waals surface area contributed by atoms with Crippen molar-refractivity contribution in [1.82, 2.24) is 4.90 Å². The van der Waals surface area contributed by atoms with Crippen LogP contribution in [-0.2, 0) is 4.79 Å². The molecule has 0 heterocycles. The maximum absolute atomic E-state index is 13.3. The Hall–Kier alpha value is -1.49. The number of amides is 1. The highest BCUT2D eigenvalue weighted by Gasteiger charge is 2.25. The fourth-order valence-corrected chi connectivity index (χ4v) is 2.34. The summed E-state index contributed by atoms with van der Waals surface area (Å²) in [7, 11) is 1.66. The van der Waals surface area contributed by atoms with E-state index in [0.29, 0.717) is 17.9 Å². The normalized spacial score (nSPS) is 14.1. The number of hydrogen-bond acceptors (Lipinski definition) is 2. The van der Waals surface area contributed by atoms with Crippen molar-refractivity contribution in [2.45, 2.75) is 33.2 Å². The molecule has 0 saturated carbocycles. The van der Waals surface area contributed by atoms with E-state index in [-0.39, 0.29) is 24.4 Å². The van der Waals surface area contributed by atoms with Crippen LogP contribution >= 0.6 is 0 Å². The molecule has 2 unspecified atom stereocenters. The van der Waals surface area contributed by atoms with Crippen LogP contribution in [0.25, 0.3) is 0 Å². The van der Waals surface area contributed by atoms with Gasteiger partial charge in [0.05, 0.1) is 12.0 Å². The van der Waals surface area contributed by atoms with E-state index in [1.165, 1.54) is 6.07 Å². The van der Waals surface area contributed by atoms with Gasteiger partial charge in [0.25, 0.3) is 0 Å². The second-order valence-electron chi connectivity index (χ2n) is 5.86. The number of carbonyl (C=O) groups excluding carboxylic acids is 1. The molecule has 0 aliphatic heterocycles. The van der Waals surface area contributed by atoms with Gasteiger partial charge in [-0.3, -0.25) is 4.79 Å². The summed E-state index contributed by atoms with van der Waals surface area (Å²) in [6, 6.07) is 3.36. The lowest BCUT2D eigenvalue weighted by Crippen LogP contribution is -2.38. The molecule has 0 saturated heterocycles. The average molecular weight is 298 g/mol. The monoisotopic (exact) mass is 298 g/mol. The summed E-state index contributed by atoms with van der Waals surface area (Å²) in [5, 5.41) is 0. The van der Waals surface area contributed by atoms with Gasteiger partial charge in [0, 0.05) is 13.6 Å². The Morgan fingerprint density at radius 2 is 1.86 bits per heavy atom. The second-order valence-corrected chi connectivity index (χ2v) is 5.86. The first-order chi connectivity index (χ1) is 9.77. The lowest BCUT2D eigenvalue weighted by atomic mass is 9.95. The molecule has 0 aromatic heterocycles. The zero-order valence-electron chi connectivity index (χ0n) is 13.1. The minimum absolute atomic E-state index is 0.0663. The molecule has 0 radical (unpaired) electrons. The van der Waals surface area contributed by atoms with Crippen molar-refractivity contribution in [3.05, 3.63) is 35.4 Å². The van der Waals surface area contributed by atoms with E-state index in [9.17, 15) is 13.6 Å². The van der Waals surface area contributed by atoms with Gasteiger partial charge in [-0.25, -0.2) is 8.78 Å². The summed E-state index contributed by atoms with van der Waals surface area (Å²) in [6.45, 7) is 6.14. The number of carbonyl (C=O) groups is 1. The van der Waals surface area contributed by atoms with Crippen LogP contribution in [0.4, 0.5) is 8.78 Å². The molecule has 118 valence electrons. The minimum Gasteiger partial charge on any atom is -0.339 e. The van der Waals surface area contributed by atoms with Crippen molar-refractivity contribution < 1.29 is 13.6 Å². The third-order valence-corrected chi connectivity index (χ3v) is 3.74. The molecule has 5 heteroatoms. The zero-order chi connectivity index (χ0) is 16.2.